The van der Waals surface area contributed by atoms with E-state index in [2.05, 4.69) is 182 Å². The summed E-state index contributed by atoms with van der Waals surface area (Å²) in [7, 11) is 0. The summed E-state index contributed by atoms with van der Waals surface area (Å²) in [5.41, 5.74) is 18.0. The van der Waals surface area contributed by atoms with Crippen molar-refractivity contribution in [1.29, 1.82) is 0 Å². The lowest BCUT2D eigenvalue weighted by molar-refractivity contribution is -0.114. The maximum atomic E-state index is 12.8. The number of allylic oxidation sites excluding steroid dienone is 2. The Balaban J connectivity index is 1.07. The second-order valence-corrected chi connectivity index (χ2v) is 16.2. The third kappa shape index (κ3) is 8.37. The number of fused-ring (bicyclic) bond motifs is 2. The molecule has 0 atom stereocenters. The van der Waals surface area contributed by atoms with E-state index in [1.165, 1.54) is 13.0 Å². The summed E-state index contributed by atoms with van der Waals surface area (Å²) < 4.78 is 0. The number of aliphatic hydroxyl groups is 1. The number of aromatic nitrogens is 2. The van der Waals surface area contributed by atoms with Crippen molar-refractivity contribution in [2.45, 2.75) is 19.8 Å². The number of pyridine rings is 2. The van der Waals surface area contributed by atoms with Crippen LogP contribution in [0.2, 0.25) is 0 Å². The highest BCUT2D eigenvalue weighted by atomic mass is 16.3. The molecule has 0 unspecified atom stereocenters. The van der Waals surface area contributed by atoms with E-state index in [-0.39, 0.29) is 11.5 Å². The van der Waals surface area contributed by atoms with E-state index in [0.29, 0.717) is 12.8 Å². The number of aryl methyl sites for hydroxylation is 1. The Morgan fingerprint density at radius 2 is 0.797 bits per heavy atom. The van der Waals surface area contributed by atoms with Gasteiger partial charge in [-0.3, -0.25) is 4.79 Å². The van der Waals surface area contributed by atoms with Crippen molar-refractivity contribution in [3.63, 3.8) is 0 Å². The fourth-order valence-corrected chi connectivity index (χ4v) is 8.74. The molecule has 1 N–H and O–H groups in total. The zero-order chi connectivity index (χ0) is 43.4. The highest BCUT2D eigenvalue weighted by Gasteiger charge is 2.17. The summed E-state index contributed by atoms with van der Waals surface area (Å²) in [5.74, 6) is -0.0788. The number of nitrogens with zero attached hydrogens (tertiary/aromatic N) is 2. The van der Waals surface area contributed by atoms with Crippen molar-refractivity contribution in [1.82, 2.24) is 9.97 Å². The second-order valence-electron chi connectivity index (χ2n) is 16.2. The van der Waals surface area contributed by atoms with Crippen LogP contribution in [-0.2, 0) is 11.2 Å². The first kappa shape index (κ1) is 39.9. The van der Waals surface area contributed by atoms with Gasteiger partial charge in [0.1, 0.15) is 0 Å². The smallest absolute Gasteiger partial charge is 0.159 e. The molecule has 4 heteroatoms. The lowest BCUT2D eigenvalue weighted by Gasteiger charge is -2.18. The van der Waals surface area contributed by atoms with Crippen LogP contribution in [0.3, 0.4) is 0 Å². The molecule has 0 aliphatic rings. The molecular weight excluding hydrogens is 781 g/mol. The number of ketones is 1. The fraction of sp³-hybridized carbons (Fsp3) is 0.0500. The number of para-hydroxylation sites is 2. The van der Waals surface area contributed by atoms with E-state index in [9.17, 15) is 9.90 Å². The predicted molar refractivity (Wildman–Crippen MR) is 265 cm³/mol. The normalized spacial score (nSPS) is 11.5. The van der Waals surface area contributed by atoms with Crippen LogP contribution in [-0.4, -0.2) is 20.9 Å². The molecule has 0 radical (unpaired) electrons. The summed E-state index contributed by atoms with van der Waals surface area (Å²) in [6.07, 6.45) is 2.15. The zero-order valence-electron chi connectivity index (χ0n) is 35.4. The van der Waals surface area contributed by atoms with E-state index >= 15 is 0 Å². The van der Waals surface area contributed by atoms with Crippen LogP contribution in [0, 0.1) is 0 Å². The van der Waals surface area contributed by atoms with Gasteiger partial charge in [-0.2, -0.15) is 0 Å². The molecule has 0 aliphatic heterocycles. The Bertz CT molecular complexity index is 3180. The van der Waals surface area contributed by atoms with Crippen molar-refractivity contribution in [3.8, 4) is 78.1 Å². The molecule has 0 saturated heterocycles. The average Bonchev–Trinajstić information content (AvgIpc) is 3.35. The van der Waals surface area contributed by atoms with Crippen molar-refractivity contribution < 1.29 is 9.90 Å². The molecule has 0 saturated carbocycles. The van der Waals surface area contributed by atoms with Crippen LogP contribution in [0.15, 0.2) is 224 Å². The molecule has 8 aromatic carbocycles. The van der Waals surface area contributed by atoms with Gasteiger partial charge in [-0.1, -0.05) is 170 Å². The minimum atomic E-state index is -0.100. The summed E-state index contributed by atoms with van der Waals surface area (Å²) in [5, 5.41) is 12.0. The molecule has 4 nitrogen and oxygen atoms in total. The van der Waals surface area contributed by atoms with E-state index in [4.69, 9.17) is 9.97 Å². The fourth-order valence-electron chi connectivity index (χ4n) is 8.74. The van der Waals surface area contributed by atoms with E-state index < -0.39 is 0 Å². The van der Waals surface area contributed by atoms with Crippen molar-refractivity contribution in [2.75, 3.05) is 0 Å². The Morgan fingerprint density at radius 3 is 1.27 bits per heavy atom. The van der Waals surface area contributed by atoms with Gasteiger partial charge in [0.25, 0.3) is 0 Å². The third-order valence-electron chi connectivity index (χ3n) is 11.9. The SMILES string of the molecule is C/C(O)=C/C(=O)CCc1ccccc1-c1cc(-c2ccccc2-c2ccc(-c3ccc4ccccc4n3)cc2)cc(-c2ccccc2-c2ccc(-c3ccc4ccccc4n3)cc2)c1. The predicted octanol–water partition coefficient (Wildman–Crippen LogP) is 15.4. The standard InChI is InChI=1S/C60H44N2O2/c1-40(63)36-51(64)33-30-41-12-2-5-15-52(41)48-37-49(55-18-8-6-16-53(55)42-22-26-46(27-23-42)59-34-31-44-13-3-10-20-57(44)61-59)39-50(38-48)56-19-9-7-17-54(56)43-24-28-47(29-25-43)60-35-32-45-14-4-11-21-58(45)62-60/h2-29,31-32,34-39,63H,30,33H2,1H3/b40-36-. The van der Waals surface area contributed by atoms with E-state index in [0.717, 1.165) is 106 Å². The number of rotatable bonds is 11. The number of hydrogen-bond acceptors (Lipinski definition) is 4. The topological polar surface area (TPSA) is 63.1 Å². The number of carbonyl (C=O) groups excluding carboxylic acids is 1. The number of aliphatic hydroxyl groups excluding tert-OH is 1. The monoisotopic (exact) mass is 824 g/mol. The van der Waals surface area contributed by atoms with Gasteiger partial charge in [-0.15, -0.1) is 0 Å². The Kier molecular flexibility index (Phi) is 11.0. The molecule has 0 spiro atoms. The Labute approximate surface area is 373 Å². The van der Waals surface area contributed by atoms with E-state index in [1.54, 1.807) is 0 Å². The molecule has 0 amide bonds. The minimum Gasteiger partial charge on any atom is -0.512 e. The first-order valence-electron chi connectivity index (χ1n) is 21.7. The Morgan fingerprint density at radius 1 is 0.422 bits per heavy atom. The van der Waals surface area contributed by atoms with Gasteiger partial charge in [0, 0.05) is 34.4 Å². The van der Waals surface area contributed by atoms with Crippen LogP contribution in [0.5, 0.6) is 0 Å². The molecule has 2 heterocycles. The Hall–Kier alpha value is -8.21. The van der Waals surface area contributed by atoms with Crippen LogP contribution >= 0.6 is 0 Å². The molecule has 2 aromatic heterocycles. The van der Waals surface area contributed by atoms with Crippen LogP contribution in [0.4, 0.5) is 0 Å². The minimum absolute atomic E-state index is 0.0212. The summed E-state index contributed by atoms with van der Waals surface area (Å²) in [6, 6.07) is 74.7. The van der Waals surface area contributed by atoms with Gasteiger partial charge in [0.15, 0.2) is 5.78 Å². The molecule has 0 aliphatic carbocycles. The van der Waals surface area contributed by atoms with Gasteiger partial charge in [0.2, 0.25) is 0 Å². The molecule has 0 fully saturated rings. The van der Waals surface area contributed by atoms with Gasteiger partial charge in [0.05, 0.1) is 28.2 Å². The summed E-state index contributed by atoms with van der Waals surface area (Å²) >= 11 is 0. The molecule has 10 aromatic rings. The zero-order valence-corrected chi connectivity index (χ0v) is 35.4. The van der Waals surface area contributed by atoms with Gasteiger partial charge >= 0.3 is 0 Å². The maximum absolute atomic E-state index is 12.8. The van der Waals surface area contributed by atoms with E-state index in [1.807, 2.05) is 30.3 Å². The summed E-state index contributed by atoms with van der Waals surface area (Å²) in [6.45, 7) is 1.53. The number of benzene rings is 8. The van der Waals surface area contributed by atoms with Crippen LogP contribution < -0.4 is 0 Å². The van der Waals surface area contributed by atoms with Gasteiger partial charge in [-0.05, 0) is 117 Å². The highest BCUT2D eigenvalue weighted by Crippen LogP contribution is 2.41. The summed E-state index contributed by atoms with van der Waals surface area (Å²) in [4.78, 5) is 22.7. The average molecular weight is 825 g/mol. The largest absolute Gasteiger partial charge is 0.512 e. The van der Waals surface area contributed by atoms with Crippen molar-refractivity contribution in [3.05, 3.63) is 230 Å². The number of hydrogen-bond donors (Lipinski definition) is 1. The lowest BCUT2D eigenvalue weighted by atomic mass is 9.86. The number of carbonyl (C=O) groups is 1. The molecule has 64 heavy (non-hydrogen) atoms. The molecule has 306 valence electrons. The quantitative estimate of drug-likeness (QED) is 0.104. The third-order valence-corrected chi connectivity index (χ3v) is 11.9. The van der Waals surface area contributed by atoms with Crippen LogP contribution in [0.1, 0.15) is 18.9 Å². The molecular formula is C60H44N2O2. The maximum Gasteiger partial charge on any atom is 0.159 e. The van der Waals surface area contributed by atoms with Crippen molar-refractivity contribution >= 4 is 27.6 Å². The van der Waals surface area contributed by atoms with Crippen molar-refractivity contribution in [2.24, 2.45) is 0 Å². The first-order valence-corrected chi connectivity index (χ1v) is 21.7. The van der Waals surface area contributed by atoms with Gasteiger partial charge in [-0.25, -0.2) is 9.97 Å². The van der Waals surface area contributed by atoms with Crippen LogP contribution in [0.25, 0.3) is 100.0 Å². The first-order chi connectivity index (χ1) is 31.4. The second kappa shape index (κ2) is 17.6. The van der Waals surface area contributed by atoms with Gasteiger partial charge < -0.3 is 5.11 Å². The molecule has 10 rings (SSSR count). The molecule has 0 bridgehead atoms. The highest BCUT2D eigenvalue weighted by molar-refractivity contribution is 5.93. The lowest BCUT2D eigenvalue weighted by Crippen LogP contribution is -1.99.